The van der Waals surface area contributed by atoms with Gasteiger partial charge in [-0.25, -0.2) is 10.4 Å². The lowest BCUT2D eigenvalue weighted by Gasteiger charge is -2.12. The number of phenolic OH excluding ortho intramolecular Hbond substituents is 1. The number of hydrogen-bond acceptors (Lipinski definition) is 5. The molecule has 2 aromatic rings. The molecule has 0 atom stereocenters. The standard InChI is InChI=1S/C18H21N5O/c1-3-18(21-12(2)20-13-6-4-7-14(24)10-13)22-16-8-5-9-17-15(16)11-19-23-17/h3-10,19,22-24H,11H2,1-2H3,(H,20,21)/b18-3+. The minimum Gasteiger partial charge on any atom is -0.508 e. The number of aliphatic imine (C=N–C) groups is 1. The first-order valence-corrected chi connectivity index (χ1v) is 7.81. The van der Waals surface area contributed by atoms with Gasteiger partial charge in [0.05, 0.1) is 5.69 Å². The molecule has 0 aliphatic carbocycles. The van der Waals surface area contributed by atoms with Crippen LogP contribution in [0.1, 0.15) is 19.4 Å². The van der Waals surface area contributed by atoms with Crippen LogP contribution in [0.3, 0.4) is 0 Å². The molecule has 0 bridgehead atoms. The molecule has 6 heteroatoms. The number of aromatic hydroxyl groups is 1. The van der Waals surface area contributed by atoms with Crippen molar-refractivity contribution in [3.8, 4) is 5.75 Å². The molecule has 3 rings (SSSR count). The van der Waals surface area contributed by atoms with E-state index in [2.05, 4.69) is 26.5 Å². The number of amidine groups is 1. The van der Waals surface area contributed by atoms with Crippen LogP contribution in [0.15, 0.2) is 59.4 Å². The van der Waals surface area contributed by atoms with Gasteiger partial charge in [0.1, 0.15) is 17.4 Å². The quantitative estimate of drug-likeness (QED) is 0.438. The van der Waals surface area contributed by atoms with Gasteiger partial charge in [-0.2, -0.15) is 0 Å². The molecule has 1 aliphatic heterocycles. The highest BCUT2D eigenvalue weighted by atomic mass is 16.3. The van der Waals surface area contributed by atoms with Crippen molar-refractivity contribution >= 4 is 22.9 Å². The lowest BCUT2D eigenvalue weighted by atomic mass is 10.1. The molecule has 1 heterocycles. The van der Waals surface area contributed by atoms with Crippen molar-refractivity contribution in [3.05, 3.63) is 59.9 Å². The van der Waals surface area contributed by atoms with Gasteiger partial charge >= 0.3 is 0 Å². The summed E-state index contributed by atoms with van der Waals surface area (Å²) in [5.74, 6) is 1.70. The predicted octanol–water partition coefficient (Wildman–Crippen LogP) is 3.63. The Morgan fingerprint density at radius 1 is 1.21 bits per heavy atom. The molecular formula is C18H21N5O. The van der Waals surface area contributed by atoms with Crippen LogP contribution in [0.2, 0.25) is 0 Å². The molecule has 0 saturated heterocycles. The van der Waals surface area contributed by atoms with E-state index in [9.17, 15) is 5.11 Å². The molecule has 5 N–H and O–H groups in total. The molecule has 2 aromatic carbocycles. The first-order valence-electron chi connectivity index (χ1n) is 7.81. The molecule has 124 valence electrons. The number of rotatable bonds is 4. The van der Waals surface area contributed by atoms with Gasteiger partial charge in [0.15, 0.2) is 0 Å². The third kappa shape index (κ3) is 3.67. The SMILES string of the molecule is C/C=C(\N=C(/C)Nc1cccc(O)c1)Nc1cccc2c1CNN2. The first-order chi connectivity index (χ1) is 11.7. The number of nitrogens with zero attached hydrogens (tertiary/aromatic N) is 1. The molecule has 0 aromatic heterocycles. The number of allylic oxidation sites excluding steroid dienone is 1. The van der Waals surface area contributed by atoms with Crippen molar-refractivity contribution < 1.29 is 5.11 Å². The van der Waals surface area contributed by atoms with Gasteiger partial charge in [-0.1, -0.05) is 12.1 Å². The minimum absolute atomic E-state index is 0.219. The van der Waals surface area contributed by atoms with E-state index in [1.54, 1.807) is 18.2 Å². The number of hydrogen-bond donors (Lipinski definition) is 5. The summed E-state index contributed by atoms with van der Waals surface area (Å²) in [6.07, 6.45) is 1.92. The van der Waals surface area contributed by atoms with Crippen molar-refractivity contribution in [3.63, 3.8) is 0 Å². The number of nitrogens with one attached hydrogen (secondary N) is 4. The zero-order valence-electron chi connectivity index (χ0n) is 13.7. The third-order valence-corrected chi connectivity index (χ3v) is 3.66. The van der Waals surface area contributed by atoms with Crippen LogP contribution < -0.4 is 21.5 Å². The van der Waals surface area contributed by atoms with E-state index in [4.69, 9.17) is 0 Å². The Bertz CT molecular complexity index is 798. The third-order valence-electron chi connectivity index (χ3n) is 3.66. The van der Waals surface area contributed by atoms with Crippen LogP contribution in [-0.4, -0.2) is 10.9 Å². The van der Waals surface area contributed by atoms with Crippen LogP contribution >= 0.6 is 0 Å². The Hall–Kier alpha value is -2.99. The molecular weight excluding hydrogens is 302 g/mol. The van der Waals surface area contributed by atoms with Crippen LogP contribution in [0.4, 0.5) is 17.1 Å². The number of benzene rings is 2. The van der Waals surface area contributed by atoms with Gasteiger partial charge in [0.25, 0.3) is 0 Å². The summed E-state index contributed by atoms with van der Waals surface area (Å²) in [5.41, 5.74) is 10.3. The molecule has 0 saturated carbocycles. The van der Waals surface area contributed by atoms with E-state index in [-0.39, 0.29) is 5.75 Å². The number of anilines is 3. The average molecular weight is 323 g/mol. The van der Waals surface area contributed by atoms with Gasteiger partial charge in [0.2, 0.25) is 0 Å². The second kappa shape index (κ2) is 7.06. The predicted molar refractivity (Wildman–Crippen MR) is 99.1 cm³/mol. The molecule has 1 aliphatic rings. The van der Waals surface area contributed by atoms with E-state index in [1.807, 2.05) is 44.2 Å². The summed E-state index contributed by atoms with van der Waals surface area (Å²) in [6.45, 7) is 4.58. The van der Waals surface area contributed by atoms with Crippen LogP contribution in [0.25, 0.3) is 0 Å². The van der Waals surface area contributed by atoms with Crippen LogP contribution in [0, 0.1) is 0 Å². The van der Waals surface area contributed by atoms with Crippen LogP contribution in [0.5, 0.6) is 5.75 Å². The molecule has 0 fully saturated rings. The largest absolute Gasteiger partial charge is 0.508 e. The van der Waals surface area contributed by atoms with Crippen molar-refractivity contribution in [2.24, 2.45) is 4.99 Å². The zero-order valence-corrected chi connectivity index (χ0v) is 13.7. The topological polar surface area (TPSA) is 80.7 Å². The molecule has 0 amide bonds. The molecule has 0 spiro atoms. The van der Waals surface area contributed by atoms with Gasteiger partial charge in [0, 0.05) is 29.5 Å². The average Bonchev–Trinajstić information content (AvgIpc) is 3.03. The minimum atomic E-state index is 0.219. The Morgan fingerprint density at radius 3 is 2.83 bits per heavy atom. The van der Waals surface area contributed by atoms with Gasteiger partial charge in [-0.05, 0) is 44.2 Å². The van der Waals surface area contributed by atoms with Gasteiger partial charge in [-0.3, -0.25) is 0 Å². The van der Waals surface area contributed by atoms with E-state index in [0.717, 1.165) is 35.3 Å². The Labute approximate surface area is 141 Å². The Balaban J connectivity index is 1.74. The van der Waals surface area contributed by atoms with Gasteiger partial charge < -0.3 is 21.2 Å². The number of phenols is 1. The summed E-state index contributed by atoms with van der Waals surface area (Å²) in [4.78, 5) is 4.57. The highest BCUT2D eigenvalue weighted by Gasteiger charge is 2.13. The maximum atomic E-state index is 9.52. The summed E-state index contributed by atoms with van der Waals surface area (Å²) in [5, 5.41) is 16.1. The Morgan fingerprint density at radius 2 is 2.04 bits per heavy atom. The lowest BCUT2D eigenvalue weighted by molar-refractivity contribution is 0.475. The van der Waals surface area contributed by atoms with E-state index < -0.39 is 0 Å². The van der Waals surface area contributed by atoms with E-state index >= 15 is 0 Å². The maximum absolute atomic E-state index is 9.52. The van der Waals surface area contributed by atoms with Gasteiger partial charge in [-0.15, -0.1) is 0 Å². The van der Waals surface area contributed by atoms with Crippen molar-refractivity contribution in [2.45, 2.75) is 20.4 Å². The molecule has 24 heavy (non-hydrogen) atoms. The van der Waals surface area contributed by atoms with Crippen molar-refractivity contribution in [1.29, 1.82) is 0 Å². The molecule has 0 unspecified atom stereocenters. The van der Waals surface area contributed by atoms with Crippen molar-refractivity contribution in [1.82, 2.24) is 5.43 Å². The lowest BCUT2D eigenvalue weighted by Crippen LogP contribution is -2.11. The fourth-order valence-electron chi connectivity index (χ4n) is 2.54. The number of fused-ring (bicyclic) bond motifs is 1. The summed E-state index contributed by atoms with van der Waals surface area (Å²) < 4.78 is 0. The number of hydrazine groups is 1. The summed E-state index contributed by atoms with van der Waals surface area (Å²) in [6, 6.07) is 13.0. The second-order valence-electron chi connectivity index (χ2n) is 5.48. The summed E-state index contributed by atoms with van der Waals surface area (Å²) >= 11 is 0. The smallest absolute Gasteiger partial charge is 0.128 e. The fourth-order valence-corrected chi connectivity index (χ4v) is 2.54. The van der Waals surface area contributed by atoms with Crippen molar-refractivity contribution in [2.75, 3.05) is 16.1 Å². The maximum Gasteiger partial charge on any atom is 0.128 e. The fraction of sp³-hybridized carbons (Fsp3) is 0.167. The summed E-state index contributed by atoms with van der Waals surface area (Å²) in [7, 11) is 0. The first kappa shape index (κ1) is 15.9. The monoisotopic (exact) mass is 323 g/mol. The normalized spacial score (nSPS) is 14.1. The molecule has 0 radical (unpaired) electrons. The van der Waals surface area contributed by atoms with E-state index in [1.165, 1.54) is 5.56 Å². The molecule has 6 nitrogen and oxygen atoms in total. The highest BCUT2D eigenvalue weighted by Crippen LogP contribution is 2.28. The highest BCUT2D eigenvalue weighted by molar-refractivity contribution is 5.94. The zero-order chi connectivity index (χ0) is 16.9. The van der Waals surface area contributed by atoms with E-state index in [0.29, 0.717) is 0 Å². The second-order valence-corrected chi connectivity index (χ2v) is 5.48. The Kier molecular flexibility index (Phi) is 4.67. The van der Waals surface area contributed by atoms with Crippen LogP contribution in [-0.2, 0) is 6.54 Å².